The fourth-order valence-corrected chi connectivity index (χ4v) is 3.05. The highest BCUT2D eigenvalue weighted by atomic mass is 16.2. The van der Waals surface area contributed by atoms with Gasteiger partial charge in [-0.2, -0.15) is 0 Å². The number of carbonyl (C=O) groups is 1. The molecule has 0 aliphatic carbocycles. The lowest BCUT2D eigenvalue weighted by Gasteiger charge is -2.17. The van der Waals surface area contributed by atoms with Gasteiger partial charge in [0.05, 0.1) is 5.92 Å². The van der Waals surface area contributed by atoms with Crippen LogP contribution in [0.4, 0.5) is 0 Å². The molecular weight excluding hydrogens is 246 g/mol. The maximum absolute atomic E-state index is 12.5. The zero-order valence-corrected chi connectivity index (χ0v) is 11.9. The Labute approximate surface area is 120 Å². The predicted molar refractivity (Wildman–Crippen MR) is 80.7 cm³/mol. The van der Waals surface area contributed by atoms with Gasteiger partial charge in [-0.05, 0) is 18.1 Å². The molecule has 0 spiro atoms. The van der Waals surface area contributed by atoms with Gasteiger partial charge < -0.3 is 4.90 Å². The molecule has 102 valence electrons. The molecule has 3 rings (SSSR count). The Morgan fingerprint density at radius 2 is 1.60 bits per heavy atom. The van der Waals surface area contributed by atoms with Crippen LogP contribution >= 0.6 is 0 Å². The van der Waals surface area contributed by atoms with Gasteiger partial charge in [-0.3, -0.25) is 4.79 Å². The van der Waals surface area contributed by atoms with E-state index < -0.39 is 0 Å². The third-order valence-electron chi connectivity index (χ3n) is 4.18. The Bertz CT molecular complexity index is 603. The number of likely N-dealkylation sites (tertiary alicyclic amines) is 1. The van der Waals surface area contributed by atoms with E-state index in [4.69, 9.17) is 0 Å². The number of likely N-dealkylation sites (N-methyl/N-ethyl adjacent to an activating group) is 1. The standard InChI is InChI=1S/C18H19NO/c1-13-8-10-14(11-9-13)16-12-19(2)18(20)17(16)15-6-4-3-5-7-15/h3-11,16-17H,12H2,1-2H3. The normalized spacial score (nSPS) is 22.3. The molecule has 2 atom stereocenters. The summed E-state index contributed by atoms with van der Waals surface area (Å²) < 4.78 is 0. The van der Waals surface area contributed by atoms with Gasteiger partial charge in [0.1, 0.15) is 0 Å². The van der Waals surface area contributed by atoms with Crippen LogP contribution in [-0.2, 0) is 4.79 Å². The van der Waals surface area contributed by atoms with E-state index in [2.05, 4.69) is 43.3 Å². The van der Waals surface area contributed by atoms with Crippen molar-refractivity contribution in [2.45, 2.75) is 18.8 Å². The minimum atomic E-state index is -0.0519. The van der Waals surface area contributed by atoms with Crippen molar-refractivity contribution in [2.75, 3.05) is 13.6 Å². The van der Waals surface area contributed by atoms with Crippen molar-refractivity contribution < 1.29 is 4.79 Å². The van der Waals surface area contributed by atoms with Crippen LogP contribution in [0.3, 0.4) is 0 Å². The van der Waals surface area contributed by atoms with Crippen molar-refractivity contribution >= 4 is 5.91 Å². The molecule has 0 radical (unpaired) electrons. The summed E-state index contributed by atoms with van der Waals surface area (Å²) in [5, 5.41) is 0. The van der Waals surface area contributed by atoms with Crippen LogP contribution in [0.5, 0.6) is 0 Å². The molecule has 1 heterocycles. The summed E-state index contributed by atoms with van der Waals surface area (Å²) in [6.07, 6.45) is 0. The van der Waals surface area contributed by atoms with Gasteiger partial charge in [-0.1, -0.05) is 60.2 Å². The SMILES string of the molecule is Cc1ccc(C2CN(C)C(=O)C2c2ccccc2)cc1. The first-order valence-electron chi connectivity index (χ1n) is 7.03. The maximum Gasteiger partial charge on any atom is 0.230 e. The molecule has 0 saturated carbocycles. The zero-order chi connectivity index (χ0) is 14.1. The molecular formula is C18H19NO. The number of hydrogen-bond acceptors (Lipinski definition) is 1. The molecule has 1 fully saturated rings. The summed E-state index contributed by atoms with van der Waals surface area (Å²) in [6.45, 7) is 2.88. The average molecular weight is 265 g/mol. The smallest absolute Gasteiger partial charge is 0.230 e. The van der Waals surface area contributed by atoms with Gasteiger partial charge >= 0.3 is 0 Å². The summed E-state index contributed by atoms with van der Waals surface area (Å²) in [7, 11) is 1.90. The van der Waals surface area contributed by atoms with Crippen LogP contribution in [0.2, 0.25) is 0 Å². The van der Waals surface area contributed by atoms with Crippen LogP contribution in [-0.4, -0.2) is 24.4 Å². The Morgan fingerprint density at radius 3 is 2.25 bits per heavy atom. The second-order valence-electron chi connectivity index (χ2n) is 5.62. The average Bonchev–Trinajstić information content (AvgIpc) is 2.77. The van der Waals surface area contributed by atoms with Crippen molar-refractivity contribution in [3.63, 3.8) is 0 Å². The Morgan fingerprint density at radius 1 is 0.950 bits per heavy atom. The number of amides is 1. The molecule has 0 aromatic heterocycles. The molecule has 20 heavy (non-hydrogen) atoms. The van der Waals surface area contributed by atoms with Crippen molar-refractivity contribution in [3.8, 4) is 0 Å². The number of aryl methyl sites for hydroxylation is 1. The Balaban J connectivity index is 2.00. The second kappa shape index (κ2) is 5.12. The first-order chi connectivity index (χ1) is 9.66. The lowest BCUT2D eigenvalue weighted by molar-refractivity contribution is -0.127. The number of hydrogen-bond donors (Lipinski definition) is 0. The summed E-state index contributed by atoms with van der Waals surface area (Å²) in [4.78, 5) is 14.3. The molecule has 2 heteroatoms. The van der Waals surface area contributed by atoms with Crippen LogP contribution in [0.15, 0.2) is 54.6 Å². The van der Waals surface area contributed by atoms with Crippen molar-refractivity contribution in [1.82, 2.24) is 4.90 Å². The van der Waals surface area contributed by atoms with Gasteiger partial charge in [0.15, 0.2) is 0 Å². The molecule has 2 nitrogen and oxygen atoms in total. The number of rotatable bonds is 2. The summed E-state index contributed by atoms with van der Waals surface area (Å²) >= 11 is 0. The molecule has 1 aliphatic heterocycles. The van der Waals surface area contributed by atoms with Crippen LogP contribution in [0, 0.1) is 6.92 Å². The second-order valence-corrected chi connectivity index (χ2v) is 5.62. The van der Waals surface area contributed by atoms with Gasteiger partial charge in [0.2, 0.25) is 5.91 Å². The summed E-state index contributed by atoms with van der Waals surface area (Å²) in [6, 6.07) is 18.7. The largest absolute Gasteiger partial charge is 0.345 e. The van der Waals surface area contributed by atoms with E-state index in [0.717, 1.165) is 12.1 Å². The minimum Gasteiger partial charge on any atom is -0.345 e. The molecule has 2 aromatic rings. The van der Waals surface area contributed by atoms with Gasteiger partial charge in [0, 0.05) is 19.5 Å². The lowest BCUT2D eigenvalue weighted by atomic mass is 9.83. The highest BCUT2D eigenvalue weighted by Crippen LogP contribution is 2.39. The van der Waals surface area contributed by atoms with Crippen molar-refractivity contribution in [1.29, 1.82) is 0 Å². The fraction of sp³-hybridized carbons (Fsp3) is 0.278. The highest BCUT2D eigenvalue weighted by Gasteiger charge is 2.40. The van der Waals surface area contributed by atoms with Crippen LogP contribution in [0.1, 0.15) is 28.5 Å². The van der Waals surface area contributed by atoms with E-state index in [1.54, 1.807) is 0 Å². The highest BCUT2D eigenvalue weighted by molar-refractivity contribution is 5.87. The molecule has 2 aromatic carbocycles. The lowest BCUT2D eigenvalue weighted by Crippen LogP contribution is -2.21. The summed E-state index contributed by atoms with van der Waals surface area (Å²) in [5.74, 6) is 0.418. The van der Waals surface area contributed by atoms with Crippen molar-refractivity contribution in [3.05, 3.63) is 71.3 Å². The quantitative estimate of drug-likeness (QED) is 0.815. The van der Waals surface area contributed by atoms with Crippen molar-refractivity contribution in [2.24, 2.45) is 0 Å². The number of benzene rings is 2. The Hall–Kier alpha value is -2.09. The molecule has 2 unspecified atom stereocenters. The summed E-state index contributed by atoms with van der Waals surface area (Å²) in [5.41, 5.74) is 3.62. The first kappa shape index (κ1) is 12.9. The fourth-order valence-electron chi connectivity index (χ4n) is 3.05. The van der Waals surface area contributed by atoms with Gasteiger partial charge in [0.25, 0.3) is 0 Å². The predicted octanol–water partition coefficient (Wildman–Crippen LogP) is 3.33. The topological polar surface area (TPSA) is 20.3 Å². The maximum atomic E-state index is 12.5. The number of nitrogens with zero attached hydrogens (tertiary/aromatic N) is 1. The molecule has 0 N–H and O–H groups in total. The third kappa shape index (κ3) is 2.22. The molecule has 1 saturated heterocycles. The zero-order valence-electron chi connectivity index (χ0n) is 11.9. The first-order valence-corrected chi connectivity index (χ1v) is 7.03. The van der Waals surface area contributed by atoms with E-state index in [1.807, 2.05) is 30.1 Å². The van der Waals surface area contributed by atoms with Gasteiger partial charge in [-0.15, -0.1) is 0 Å². The van der Waals surface area contributed by atoms with Crippen LogP contribution < -0.4 is 0 Å². The van der Waals surface area contributed by atoms with Gasteiger partial charge in [-0.25, -0.2) is 0 Å². The van der Waals surface area contributed by atoms with E-state index >= 15 is 0 Å². The number of carbonyl (C=O) groups excluding carboxylic acids is 1. The third-order valence-corrected chi connectivity index (χ3v) is 4.18. The molecule has 1 aliphatic rings. The minimum absolute atomic E-state index is 0.0519. The van der Waals surface area contributed by atoms with E-state index in [1.165, 1.54) is 11.1 Å². The molecule has 0 bridgehead atoms. The Kier molecular flexibility index (Phi) is 3.31. The monoisotopic (exact) mass is 265 g/mol. The van der Waals surface area contributed by atoms with E-state index in [-0.39, 0.29) is 17.7 Å². The van der Waals surface area contributed by atoms with E-state index in [9.17, 15) is 4.79 Å². The van der Waals surface area contributed by atoms with E-state index in [0.29, 0.717) is 0 Å². The van der Waals surface area contributed by atoms with Crippen LogP contribution in [0.25, 0.3) is 0 Å². The molecule has 1 amide bonds.